The Morgan fingerprint density at radius 3 is 2.50 bits per heavy atom. The van der Waals surface area contributed by atoms with Gasteiger partial charge in [0.1, 0.15) is 0 Å². The number of aryl methyl sites for hydroxylation is 1. The van der Waals surface area contributed by atoms with Crippen LogP contribution >= 0.6 is 0 Å². The number of nitrogens with one attached hydrogen (secondary N) is 1. The van der Waals surface area contributed by atoms with Crippen LogP contribution in [0.2, 0.25) is 0 Å². The Morgan fingerprint density at radius 2 is 2.00 bits per heavy atom. The summed E-state index contributed by atoms with van der Waals surface area (Å²) in [5.41, 5.74) is 2.16. The fourth-order valence-corrected chi connectivity index (χ4v) is 1.75. The van der Waals surface area contributed by atoms with Crippen molar-refractivity contribution in [3.63, 3.8) is 0 Å². The van der Waals surface area contributed by atoms with E-state index in [1.165, 1.54) is 5.56 Å². The van der Waals surface area contributed by atoms with Gasteiger partial charge < -0.3 is 5.32 Å². The van der Waals surface area contributed by atoms with Crippen molar-refractivity contribution in [3.8, 4) is 6.07 Å². The van der Waals surface area contributed by atoms with E-state index in [9.17, 15) is 4.79 Å². The van der Waals surface area contributed by atoms with Crippen LogP contribution < -0.4 is 5.32 Å². The minimum Gasteiger partial charge on any atom is -0.356 e. The molecule has 1 aromatic rings. The number of rotatable bonds is 6. The molecule has 0 fully saturated rings. The van der Waals surface area contributed by atoms with Crippen molar-refractivity contribution in [2.24, 2.45) is 0 Å². The lowest BCUT2D eigenvalue weighted by Crippen LogP contribution is -2.25. The zero-order valence-corrected chi connectivity index (χ0v) is 11.1. The van der Waals surface area contributed by atoms with Crippen LogP contribution in [0.15, 0.2) is 24.3 Å². The van der Waals surface area contributed by atoms with Crippen molar-refractivity contribution < 1.29 is 4.79 Å². The first-order chi connectivity index (χ1) is 8.71. The van der Waals surface area contributed by atoms with Crippen molar-refractivity contribution in [2.45, 2.75) is 39.0 Å². The van der Waals surface area contributed by atoms with Gasteiger partial charge in [0.2, 0.25) is 5.91 Å². The van der Waals surface area contributed by atoms with E-state index in [1.807, 2.05) is 31.2 Å². The molecule has 0 aromatic heterocycles. The molecule has 18 heavy (non-hydrogen) atoms. The highest BCUT2D eigenvalue weighted by atomic mass is 16.1. The average Bonchev–Trinajstić information content (AvgIpc) is 2.42. The van der Waals surface area contributed by atoms with E-state index in [1.54, 1.807) is 0 Å². The van der Waals surface area contributed by atoms with Crippen molar-refractivity contribution >= 4 is 5.91 Å². The number of hydrogen-bond acceptors (Lipinski definition) is 2. The van der Waals surface area contributed by atoms with Crippen LogP contribution in [0.4, 0.5) is 0 Å². The third-order valence-electron chi connectivity index (χ3n) is 2.91. The van der Waals surface area contributed by atoms with Crippen LogP contribution in [0, 0.1) is 11.3 Å². The lowest BCUT2D eigenvalue weighted by Gasteiger charge is -2.10. The molecule has 3 heteroatoms. The first-order valence-corrected chi connectivity index (χ1v) is 6.46. The summed E-state index contributed by atoms with van der Waals surface area (Å²) in [5.74, 6) is -0.407. The molecular formula is C15H20N2O. The van der Waals surface area contributed by atoms with Crippen LogP contribution in [0.1, 0.15) is 43.7 Å². The highest BCUT2D eigenvalue weighted by Gasteiger charge is 2.14. The first-order valence-electron chi connectivity index (χ1n) is 6.46. The smallest absolute Gasteiger partial charge is 0.221 e. The fraction of sp³-hybridized carbons (Fsp3) is 0.467. The molecule has 0 saturated heterocycles. The highest BCUT2D eigenvalue weighted by Crippen LogP contribution is 2.19. The summed E-state index contributed by atoms with van der Waals surface area (Å²) in [6.07, 6.45) is 2.13. The quantitative estimate of drug-likeness (QED) is 0.836. The minimum atomic E-state index is -0.354. The summed E-state index contributed by atoms with van der Waals surface area (Å²) >= 11 is 0. The van der Waals surface area contributed by atoms with Gasteiger partial charge in [-0.05, 0) is 24.0 Å². The van der Waals surface area contributed by atoms with Gasteiger partial charge in [0.25, 0.3) is 0 Å². The second-order valence-electron chi connectivity index (χ2n) is 4.33. The summed E-state index contributed by atoms with van der Waals surface area (Å²) < 4.78 is 0. The van der Waals surface area contributed by atoms with E-state index in [0.717, 1.165) is 18.4 Å². The molecule has 1 unspecified atom stereocenters. The van der Waals surface area contributed by atoms with Gasteiger partial charge in [-0.25, -0.2) is 0 Å². The van der Waals surface area contributed by atoms with E-state index in [-0.39, 0.29) is 18.2 Å². The summed E-state index contributed by atoms with van der Waals surface area (Å²) in [4.78, 5) is 11.6. The van der Waals surface area contributed by atoms with Gasteiger partial charge in [-0.2, -0.15) is 5.26 Å². The van der Waals surface area contributed by atoms with E-state index in [4.69, 9.17) is 5.26 Å². The van der Waals surface area contributed by atoms with Gasteiger partial charge in [-0.3, -0.25) is 4.79 Å². The Bertz CT molecular complexity index is 417. The molecule has 0 aliphatic rings. The Kier molecular flexibility index (Phi) is 5.93. The number of carbonyl (C=O) groups is 1. The third kappa shape index (κ3) is 4.21. The van der Waals surface area contributed by atoms with Gasteiger partial charge in [-0.1, -0.05) is 38.1 Å². The van der Waals surface area contributed by atoms with E-state index >= 15 is 0 Å². The number of amides is 1. The molecule has 0 bridgehead atoms. The fourth-order valence-electron chi connectivity index (χ4n) is 1.75. The number of nitrogens with zero attached hydrogens (tertiary/aromatic N) is 1. The zero-order chi connectivity index (χ0) is 13.4. The Balaban J connectivity index is 2.65. The monoisotopic (exact) mass is 244 g/mol. The van der Waals surface area contributed by atoms with Crippen molar-refractivity contribution in [1.82, 2.24) is 5.32 Å². The van der Waals surface area contributed by atoms with Gasteiger partial charge in [0, 0.05) is 13.0 Å². The minimum absolute atomic E-state index is 0.0528. The van der Waals surface area contributed by atoms with Gasteiger partial charge in [0.05, 0.1) is 12.0 Å². The molecule has 0 spiro atoms. The molecule has 96 valence electrons. The number of hydrogen-bond donors (Lipinski definition) is 1. The predicted octanol–water partition coefficient (Wildman–Crippen LogP) is 2.77. The van der Waals surface area contributed by atoms with Gasteiger partial charge in [-0.15, -0.1) is 0 Å². The molecule has 1 N–H and O–H groups in total. The second-order valence-corrected chi connectivity index (χ2v) is 4.33. The van der Waals surface area contributed by atoms with Crippen molar-refractivity contribution in [1.29, 1.82) is 5.26 Å². The molecule has 3 nitrogen and oxygen atoms in total. The lowest BCUT2D eigenvalue weighted by molar-refractivity contribution is -0.121. The van der Waals surface area contributed by atoms with Crippen LogP contribution in [0.25, 0.3) is 0 Å². The number of nitriles is 1. The van der Waals surface area contributed by atoms with Crippen LogP contribution in [0.3, 0.4) is 0 Å². The Morgan fingerprint density at radius 1 is 1.33 bits per heavy atom. The van der Waals surface area contributed by atoms with Crippen molar-refractivity contribution in [2.75, 3.05) is 6.54 Å². The van der Waals surface area contributed by atoms with Gasteiger partial charge in [0.15, 0.2) is 0 Å². The highest BCUT2D eigenvalue weighted by molar-refractivity contribution is 5.77. The molecule has 0 aliphatic heterocycles. The largest absolute Gasteiger partial charge is 0.356 e. The molecule has 0 saturated carbocycles. The molecule has 1 amide bonds. The van der Waals surface area contributed by atoms with Crippen LogP contribution in [-0.4, -0.2) is 12.5 Å². The summed E-state index contributed by atoms with van der Waals surface area (Å²) in [6.45, 7) is 4.77. The number of benzene rings is 1. The maximum absolute atomic E-state index is 11.6. The lowest BCUT2D eigenvalue weighted by atomic mass is 9.95. The van der Waals surface area contributed by atoms with Crippen LogP contribution in [-0.2, 0) is 11.2 Å². The molecular weight excluding hydrogens is 224 g/mol. The molecule has 1 rings (SSSR count). The third-order valence-corrected chi connectivity index (χ3v) is 2.91. The van der Waals surface area contributed by atoms with E-state index in [0.29, 0.717) is 6.54 Å². The topological polar surface area (TPSA) is 52.9 Å². The van der Waals surface area contributed by atoms with E-state index < -0.39 is 0 Å². The molecule has 1 aromatic carbocycles. The summed E-state index contributed by atoms with van der Waals surface area (Å²) in [7, 11) is 0. The molecule has 0 radical (unpaired) electrons. The maximum Gasteiger partial charge on any atom is 0.221 e. The normalized spacial score (nSPS) is 11.6. The molecule has 0 aliphatic carbocycles. The Labute approximate surface area is 109 Å². The van der Waals surface area contributed by atoms with Crippen LogP contribution in [0.5, 0.6) is 0 Å². The molecule has 0 heterocycles. The van der Waals surface area contributed by atoms with Crippen molar-refractivity contribution in [3.05, 3.63) is 35.4 Å². The van der Waals surface area contributed by atoms with Gasteiger partial charge >= 0.3 is 0 Å². The second kappa shape index (κ2) is 7.50. The predicted molar refractivity (Wildman–Crippen MR) is 72.1 cm³/mol. The maximum atomic E-state index is 11.6. The summed E-state index contributed by atoms with van der Waals surface area (Å²) in [5, 5.41) is 11.9. The standard InChI is InChI=1S/C15H20N2O/c1-3-9-17-15(18)10-14(11-16)13-7-5-12(4-2)6-8-13/h5-8,14H,3-4,9-10H2,1-2H3,(H,17,18). The SMILES string of the molecule is CCCNC(=O)CC(C#N)c1ccc(CC)cc1. The average molecular weight is 244 g/mol. The zero-order valence-electron chi connectivity index (χ0n) is 11.1. The summed E-state index contributed by atoms with van der Waals surface area (Å²) in [6, 6.07) is 10.1. The Hall–Kier alpha value is -1.82. The first kappa shape index (κ1) is 14.2. The molecule has 1 atom stereocenters. The number of carbonyl (C=O) groups excluding carboxylic acids is 1. The van der Waals surface area contributed by atoms with E-state index in [2.05, 4.69) is 18.3 Å².